The molecule has 2 N–H and O–H groups in total. The quantitative estimate of drug-likeness (QED) is 0.871. The van der Waals surface area contributed by atoms with Crippen LogP contribution in [0.1, 0.15) is 30.6 Å². The highest BCUT2D eigenvalue weighted by Crippen LogP contribution is 2.21. The van der Waals surface area contributed by atoms with Gasteiger partial charge in [-0.25, -0.2) is 4.39 Å². The first-order valence-electron chi connectivity index (χ1n) is 5.77. The highest BCUT2D eigenvalue weighted by Gasteiger charge is 2.31. The molecule has 6 heteroatoms. The Morgan fingerprint density at radius 2 is 2.11 bits per heavy atom. The molecule has 1 amide bonds. The number of benzene rings is 1. The van der Waals surface area contributed by atoms with Gasteiger partial charge in [-0.05, 0) is 47.5 Å². The van der Waals surface area contributed by atoms with E-state index in [1.807, 2.05) is 0 Å². The standard InChI is InChI=1S/C13H15BrFNO3/c1-3-13(2,12(18)19)7-16-11(17)9-6-8(15)4-5-10(9)14/h4-6H,3,7H2,1-2H3,(H,16,17)(H,18,19). The summed E-state index contributed by atoms with van der Waals surface area (Å²) in [7, 11) is 0. The molecule has 0 bridgehead atoms. The van der Waals surface area contributed by atoms with Crippen molar-refractivity contribution >= 4 is 27.8 Å². The normalized spacial score (nSPS) is 13.7. The van der Waals surface area contributed by atoms with E-state index in [4.69, 9.17) is 5.11 Å². The third-order valence-corrected chi connectivity index (χ3v) is 3.80. The van der Waals surface area contributed by atoms with Gasteiger partial charge < -0.3 is 10.4 Å². The van der Waals surface area contributed by atoms with Crippen molar-refractivity contribution in [2.75, 3.05) is 6.54 Å². The maximum absolute atomic E-state index is 13.1. The average molecular weight is 332 g/mol. The minimum Gasteiger partial charge on any atom is -0.481 e. The molecule has 1 atom stereocenters. The number of rotatable bonds is 5. The number of hydrogen-bond donors (Lipinski definition) is 2. The van der Waals surface area contributed by atoms with E-state index < -0.39 is 23.1 Å². The van der Waals surface area contributed by atoms with Gasteiger partial charge >= 0.3 is 5.97 Å². The number of carbonyl (C=O) groups is 2. The molecule has 0 saturated heterocycles. The van der Waals surface area contributed by atoms with Crippen molar-refractivity contribution in [2.45, 2.75) is 20.3 Å². The van der Waals surface area contributed by atoms with Crippen LogP contribution in [0, 0.1) is 11.2 Å². The second kappa shape index (κ2) is 6.14. The Hall–Kier alpha value is -1.43. The summed E-state index contributed by atoms with van der Waals surface area (Å²) in [5.41, 5.74) is -0.890. The Bertz CT molecular complexity index is 507. The van der Waals surface area contributed by atoms with Gasteiger partial charge in [0.15, 0.2) is 0 Å². The molecule has 0 radical (unpaired) electrons. The molecular formula is C13H15BrFNO3. The number of halogens is 2. The molecule has 1 aromatic rings. The summed E-state index contributed by atoms with van der Waals surface area (Å²) in [6.45, 7) is 3.27. The first kappa shape index (κ1) is 15.6. The molecule has 19 heavy (non-hydrogen) atoms. The van der Waals surface area contributed by atoms with Gasteiger partial charge in [0, 0.05) is 11.0 Å². The van der Waals surface area contributed by atoms with Crippen molar-refractivity contribution in [3.8, 4) is 0 Å². The lowest BCUT2D eigenvalue weighted by Gasteiger charge is -2.23. The van der Waals surface area contributed by atoms with Crippen molar-refractivity contribution in [2.24, 2.45) is 5.41 Å². The van der Waals surface area contributed by atoms with E-state index >= 15 is 0 Å². The Labute approximate surface area is 119 Å². The highest BCUT2D eigenvalue weighted by molar-refractivity contribution is 9.10. The van der Waals surface area contributed by atoms with Crippen LogP contribution in [0.25, 0.3) is 0 Å². The Balaban J connectivity index is 2.81. The Morgan fingerprint density at radius 3 is 2.63 bits per heavy atom. The fraction of sp³-hybridized carbons (Fsp3) is 0.385. The summed E-state index contributed by atoms with van der Waals surface area (Å²) >= 11 is 3.15. The molecule has 0 aliphatic rings. The molecule has 0 aliphatic heterocycles. The highest BCUT2D eigenvalue weighted by atomic mass is 79.9. The topological polar surface area (TPSA) is 66.4 Å². The van der Waals surface area contributed by atoms with Crippen LogP contribution in [0.3, 0.4) is 0 Å². The minimum absolute atomic E-state index is 0.0133. The molecular weight excluding hydrogens is 317 g/mol. The monoisotopic (exact) mass is 331 g/mol. The zero-order chi connectivity index (χ0) is 14.6. The Morgan fingerprint density at radius 1 is 1.47 bits per heavy atom. The van der Waals surface area contributed by atoms with Gasteiger partial charge in [0.05, 0.1) is 11.0 Å². The summed E-state index contributed by atoms with van der Waals surface area (Å²) in [4.78, 5) is 23.0. The van der Waals surface area contributed by atoms with Crippen LogP contribution in [0.4, 0.5) is 4.39 Å². The lowest BCUT2D eigenvalue weighted by molar-refractivity contribution is -0.147. The SMILES string of the molecule is CCC(C)(CNC(=O)c1cc(F)ccc1Br)C(=O)O. The van der Waals surface area contributed by atoms with Crippen molar-refractivity contribution in [3.05, 3.63) is 34.1 Å². The van der Waals surface area contributed by atoms with Crippen LogP contribution in [0.5, 0.6) is 0 Å². The molecule has 0 spiro atoms. The number of carboxylic acid groups (broad SMARTS) is 1. The number of hydrogen-bond acceptors (Lipinski definition) is 2. The molecule has 1 rings (SSSR count). The van der Waals surface area contributed by atoms with Crippen LogP contribution in [0.2, 0.25) is 0 Å². The zero-order valence-electron chi connectivity index (χ0n) is 10.7. The van der Waals surface area contributed by atoms with Gasteiger partial charge in [-0.2, -0.15) is 0 Å². The van der Waals surface area contributed by atoms with Crippen LogP contribution < -0.4 is 5.32 Å². The van der Waals surface area contributed by atoms with Crippen LogP contribution in [-0.2, 0) is 4.79 Å². The molecule has 0 heterocycles. The third kappa shape index (κ3) is 3.76. The van der Waals surface area contributed by atoms with Crippen molar-refractivity contribution < 1.29 is 19.1 Å². The van der Waals surface area contributed by atoms with Crippen LogP contribution in [0.15, 0.2) is 22.7 Å². The molecule has 104 valence electrons. The van der Waals surface area contributed by atoms with Gasteiger partial charge in [-0.1, -0.05) is 6.92 Å². The molecule has 0 aromatic heterocycles. The molecule has 0 saturated carbocycles. The van der Waals surface area contributed by atoms with E-state index in [1.54, 1.807) is 13.8 Å². The number of carbonyl (C=O) groups excluding carboxylic acids is 1. The lowest BCUT2D eigenvalue weighted by atomic mass is 9.87. The maximum atomic E-state index is 13.1. The van der Waals surface area contributed by atoms with Gasteiger partial charge in [0.2, 0.25) is 0 Å². The van der Waals surface area contributed by atoms with Gasteiger partial charge in [0.25, 0.3) is 5.91 Å². The van der Waals surface area contributed by atoms with Crippen molar-refractivity contribution in [1.29, 1.82) is 0 Å². The maximum Gasteiger partial charge on any atom is 0.311 e. The van der Waals surface area contributed by atoms with Crippen molar-refractivity contribution in [3.63, 3.8) is 0 Å². The van der Waals surface area contributed by atoms with E-state index in [9.17, 15) is 14.0 Å². The van der Waals surface area contributed by atoms with E-state index in [1.165, 1.54) is 12.1 Å². The van der Waals surface area contributed by atoms with Crippen LogP contribution >= 0.6 is 15.9 Å². The van der Waals surface area contributed by atoms with Gasteiger partial charge in [-0.3, -0.25) is 9.59 Å². The number of carboxylic acids is 1. The van der Waals surface area contributed by atoms with E-state index in [-0.39, 0.29) is 12.1 Å². The zero-order valence-corrected chi connectivity index (χ0v) is 12.3. The predicted molar refractivity (Wildman–Crippen MR) is 72.5 cm³/mol. The largest absolute Gasteiger partial charge is 0.481 e. The summed E-state index contributed by atoms with van der Waals surface area (Å²) in [6.07, 6.45) is 0.382. The number of nitrogens with one attached hydrogen (secondary N) is 1. The predicted octanol–water partition coefficient (Wildman–Crippen LogP) is 2.82. The van der Waals surface area contributed by atoms with E-state index in [0.29, 0.717) is 10.9 Å². The fourth-order valence-corrected chi connectivity index (χ4v) is 1.82. The van der Waals surface area contributed by atoms with E-state index in [0.717, 1.165) is 6.07 Å². The third-order valence-electron chi connectivity index (χ3n) is 3.11. The van der Waals surface area contributed by atoms with Gasteiger partial charge in [0.1, 0.15) is 5.82 Å². The number of amides is 1. The second-order valence-corrected chi connectivity index (χ2v) is 5.38. The molecule has 0 aliphatic carbocycles. The molecule has 4 nitrogen and oxygen atoms in total. The molecule has 0 fully saturated rings. The summed E-state index contributed by atoms with van der Waals surface area (Å²) in [5, 5.41) is 11.6. The van der Waals surface area contributed by atoms with E-state index in [2.05, 4.69) is 21.2 Å². The Kier molecular flexibility index (Phi) is 5.05. The minimum atomic E-state index is -1.03. The fourth-order valence-electron chi connectivity index (χ4n) is 1.39. The number of aliphatic carboxylic acids is 1. The second-order valence-electron chi connectivity index (χ2n) is 4.53. The van der Waals surface area contributed by atoms with Crippen molar-refractivity contribution in [1.82, 2.24) is 5.32 Å². The average Bonchev–Trinajstić information content (AvgIpc) is 2.38. The molecule has 1 aromatic carbocycles. The lowest BCUT2D eigenvalue weighted by Crippen LogP contribution is -2.40. The van der Waals surface area contributed by atoms with Gasteiger partial charge in [-0.15, -0.1) is 0 Å². The smallest absolute Gasteiger partial charge is 0.311 e. The molecule has 1 unspecified atom stereocenters. The summed E-state index contributed by atoms with van der Waals surface area (Å²) in [5.74, 6) is -2.01. The first-order chi connectivity index (χ1) is 8.80. The summed E-state index contributed by atoms with van der Waals surface area (Å²) in [6, 6.07) is 3.76. The van der Waals surface area contributed by atoms with Crippen LogP contribution in [-0.4, -0.2) is 23.5 Å². The summed E-state index contributed by atoms with van der Waals surface area (Å²) < 4.78 is 13.5. The first-order valence-corrected chi connectivity index (χ1v) is 6.56.